The third kappa shape index (κ3) is 3.50. The molecule has 0 aliphatic carbocycles. The Bertz CT molecular complexity index is 1150. The van der Waals surface area contributed by atoms with E-state index >= 15 is 0 Å². The molecule has 0 radical (unpaired) electrons. The lowest BCUT2D eigenvalue weighted by Gasteiger charge is -2.07. The van der Waals surface area contributed by atoms with E-state index in [-0.39, 0.29) is 11.6 Å². The Labute approximate surface area is 168 Å². The molecule has 0 saturated heterocycles. The van der Waals surface area contributed by atoms with Crippen molar-refractivity contribution in [3.05, 3.63) is 83.9 Å². The number of anilines is 1. The van der Waals surface area contributed by atoms with E-state index in [1.54, 1.807) is 10.9 Å². The molecule has 146 valence electrons. The first kappa shape index (κ1) is 18.5. The van der Waals surface area contributed by atoms with Gasteiger partial charge in [-0.2, -0.15) is 10.2 Å². The lowest BCUT2D eigenvalue weighted by Crippen LogP contribution is -2.15. The molecule has 0 unspecified atom stereocenters. The van der Waals surface area contributed by atoms with E-state index in [1.165, 1.54) is 7.11 Å². The van der Waals surface area contributed by atoms with Gasteiger partial charge in [-0.3, -0.25) is 4.79 Å². The smallest absolute Gasteiger partial charge is 0.280 e. The number of carbonyl (C=O) groups excluding carboxylic acids is 1. The van der Waals surface area contributed by atoms with E-state index < -0.39 is 0 Å². The molecule has 2 aromatic carbocycles. The zero-order chi connectivity index (χ0) is 20.4. The number of carbonyl (C=O) groups is 1. The summed E-state index contributed by atoms with van der Waals surface area (Å²) < 4.78 is 8.81. The minimum absolute atomic E-state index is 0.211. The predicted octanol–water partition coefficient (Wildman–Crippen LogP) is 3.94. The molecular formula is C22H21N5O2. The SMILES string of the molecule is COc1cn(-c2ccccc2)nc1C(=O)Nc1c(C)nn(-c2ccccc2)c1C. The highest BCUT2D eigenvalue weighted by Gasteiger charge is 2.22. The van der Waals surface area contributed by atoms with Crippen LogP contribution in [0.15, 0.2) is 66.9 Å². The quantitative estimate of drug-likeness (QED) is 0.563. The number of amides is 1. The molecule has 29 heavy (non-hydrogen) atoms. The van der Waals surface area contributed by atoms with Gasteiger partial charge in [-0.1, -0.05) is 36.4 Å². The number of nitrogens with one attached hydrogen (secondary N) is 1. The molecule has 0 bridgehead atoms. The number of hydrogen-bond donors (Lipinski definition) is 1. The molecular weight excluding hydrogens is 366 g/mol. The van der Waals surface area contributed by atoms with Crippen LogP contribution in [0.4, 0.5) is 5.69 Å². The summed E-state index contributed by atoms with van der Waals surface area (Å²) in [6, 6.07) is 19.4. The summed E-state index contributed by atoms with van der Waals surface area (Å²) in [5.41, 5.74) is 4.20. The van der Waals surface area contributed by atoms with Crippen LogP contribution in [-0.4, -0.2) is 32.6 Å². The fourth-order valence-corrected chi connectivity index (χ4v) is 3.19. The van der Waals surface area contributed by atoms with Crippen LogP contribution in [0.3, 0.4) is 0 Å². The second-order valence-electron chi connectivity index (χ2n) is 6.57. The number of rotatable bonds is 5. The molecule has 1 amide bonds. The van der Waals surface area contributed by atoms with Crippen LogP contribution in [-0.2, 0) is 0 Å². The Morgan fingerprint density at radius 3 is 2.17 bits per heavy atom. The van der Waals surface area contributed by atoms with Crippen molar-refractivity contribution >= 4 is 11.6 Å². The third-order valence-electron chi connectivity index (χ3n) is 4.67. The van der Waals surface area contributed by atoms with E-state index in [9.17, 15) is 4.79 Å². The summed E-state index contributed by atoms with van der Waals surface area (Å²) >= 11 is 0. The van der Waals surface area contributed by atoms with Crippen molar-refractivity contribution in [3.8, 4) is 17.1 Å². The molecule has 0 aliphatic rings. The molecule has 4 rings (SSSR count). The van der Waals surface area contributed by atoms with Crippen LogP contribution >= 0.6 is 0 Å². The van der Waals surface area contributed by atoms with Crippen molar-refractivity contribution in [1.82, 2.24) is 19.6 Å². The second kappa shape index (κ2) is 7.63. The Balaban J connectivity index is 1.65. The maximum atomic E-state index is 13.0. The van der Waals surface area contributed by atoms with Gasteiger partial charge in [0, 0.05) is 0 Å². The summed E-state index contributed by atoms with van der Waals surface area (Å²) in [6.45, 7) is 3.78. The van der Waals surface area contributed by atoms with Gasteiger partial charge < -0.3 is 10.1 Å². The first-order valence-corrected chi connectivity index (χ1v) is 9.20. The predicted molar refractivity (Wildman–Crippen MR) is 111 cm³/mol. The van der Waals surface area contributed by atoms with Crippen LogP contribution < -0.4 is 10.1 Å². The average Bonchev–Trinajstić information content (AvgIpc) is 3.32. The van der Waals surface area contributed by atoms with Crippen molar-refractivity contribution < 1.29 is 9.53 Å². The number of nitrogens with zero attached hydrogens (tertiary/aromatic N) is 4. The number of ether oxygens (including phenoxy) is 1. The first-order chi connectivity index (χ1) is 14.1. The van der Waals surface area contributed by atoms with E-state index in [2.05, 4.69) is 15.5 Å². The van der Waals surface area contributed by atoms with Gasteiger partial charge >= 0.3 is 0 Å². The molecule has 7 heteroatoms. The van der Waals surface area contributed by atoms with Crippen molar-refractivity contribution in [2.24, 2.45) is 0 Å². The van der Waals surface area contributed by atoms with Crippen LogP contribution in [0, 0.1) is 13.8 Å². The highest BCUT2D eigenvalue weighted by Crippen LogP contribution is 2.25. The number of aryl methyl sites for hydroxylation is 1. The zero-order valence-electron chi connectivity index (χ0n) is 16.5. The number of methoxy groups -OCH3 is 1. The van der Waals surface area contributed by atoms with Crippen molar-refractivity contribution in [1.29, 1.82) is 0 Å². The Hall–Kier alpha value is -3.87. The van der Waals surface area contributed by atoms with Gasteiger partial charge in [-0.25, -0.2) is 9.36 Å². The molecule has 0 spiro atoms. The van der Waals surface area contributed by atoms with E-state index in [0.717, 1.165) is 22.8 Å². The normalized spacial score (nSPS) is 10.7. The summed E-state index contributed by atoms with van der Waals surface area (Å²) in [7, 11) is 1.52. The minimum atomic E-state index is -0.352. The van der Waals surface area contributed by atoms with Gasteiger partial charge in [0.2, 0.25) is 0 Å². The van der Waals surface area contributed by atoms with Crippen molar-refractivity contribution in [2.45, 2.75) is 13.8 Å². The van der Waals surface area contributed by atoms with Crippen LogP contribution in [0.1, 0.15) is 21.9 Å². The molecule has 1 N–H and O–H groups in total. The van der Waals surface area contributed by atoms with E-state index in [4.69, 9.17) is 4.74 Å². The first-order valence-electron chi connectivity index (χ1n) is 9.20. The van der Waals surface area contributed by atoms with Crippen LogP contribution in [0.25, 0.3) is 11.4 Å². The highest BCUT2D eigenvalue weighted by atomic mass is 16.5. The lowest BCUT2D eigenvalue weighted by atomic mass is 10.2. The maximum absolute atomic E-state index is 13.0. The molecule has 0 atom stereocenters. The van der Waals surface area contributed by atoms with Crippen molar-refractivity contribution in [2.75, 3.05) is 12.4 Å². The highest BCUT2D eigenvalue weighted by molar-refractivity contribution is 6.05. The summed E-state index contributed by atoms with van der Waals surface area (Å²) in [6.07, 6.45) is 1.69. The van der Waals surface area contributed by atoms with Gasteiger partial charge in [-0.05, 0) is 38.1 Å². The standard InChI is InChI=1S/C22H21N5O2/c1-15-20(16(2)27(24-15)18-12-8-5-9-13-18)23-22(28)21-19(29-3)14-26(25-21)17-10-6-4-7-11-17/h4-14H,1-3H3,(H,23,28). The molecule has 2 aromatic heterocycles. The number of aromatic nitrogens is 4. The maximum Gasteiger partial charge on any atom is 0.280 e. The lowest BCUT2D eigenvalue weighted by molar-refractivity contribution is 0.101. The van der Waals surface area contributed by atoms with E-state index in [1.807, 2.05) is 79.2 Å². The topological polar surface area (TPSA) is 74.0 Å². The van der Waals surface area contributed by atoms with E-state index in [0.29, 0.717) is 11.4 Å². The van der Waals surface area contributed by atoms with Gasteiger partial charge in [0.1, 0.15) is 0 Å². The van der Waals surface area contributed by atoms with Gasteiger partial charge in [-0.15, -0.1) is 0 Å². The fraction of sp³-hybridized carbons (Fsp3) is 0.136. The van der Waals surface area contributed by atoms with Crippen molar-refractivity contribution in [3.63, 3.8) is 0 Å². The van der Waals surface area contributed by atoms with Crippen LogP contribution in [0.5, 0.6) is 5.75 Å². The van der Waals surface area contributed by atoms with Gasteiger partial charge in [0.25, 0.3) is 5.91 Å². The molecule has 4 aromatic rings. The second-order valence-corrected chi connectivity index (χ2v) is 6.57. The number of hydrogen-bond acceptors (Lipinski definition) is 4. The largest absolute Gasteiger partial charge is 0.493 e. The Morgan fingerprint density at radius 2 is 1.55 bits per heavy atom. The Morgan fingerprint density at radius 1 is 0.931 bits per heavy atom. The molecule has 2 heterocycles. The number of benzene rings is 2. The molecule has 0 saturated carbocycles. The monoisotopic (exact) mass is 387 g/mol. The fourth-order valence-electron chi connectivity index (χ4n) is 3.19. The average molecular weight is 387 g/mol. The summed E-state index contributed by atoms with van der Waals surface area (Å²) in [4.78, 5) is 13.0. The molecule has 7 nitrogen and oxygen atoms in total. The molecule has 0 fully saturated rings. The Kier molecular flexibility index (Phi) is 4.87. The summed E-state index contributed by atoms with van der Waals surface area (Å²) in [5, 5.41) is 11.9. The van der Waals surface area contributed by atoms with Gasteiger partial charge in [0.05, 0.1) is 41.8 Å². The van der Waals surface area contributed by atoms with Gasteiger partial charge in [0.15, 0.2) is 11.4 Å². The minimum Gasteiger partial charge on any atom is -0.493 e. The zero-order valence-corrected chi connectivity index (χ0v) is 16.5. The third-order valence-corrected chi connectivity index (χ3v) is 4.67. The number of para-hydroxylation sites is 2. The molecule has 0 aliphatic heterocycles. The summed E-state index contributed by atoms with van der Waals surface area (Å²) in [5.74, 6) is 0.0486. The van der Waals surface area contributed by atoms with Crippen LogP contribution in [0.2, 0.25) is 0 Å².